The summed E-state index contributed by atoms with van der Waals surface area (Å²) in [5.41, 5.74) is 0.140. The van der Waals surface area contributed by atoms with E-state index in [-0.39, 0.29) is 17.6 Å². The molecule has 100 valence electrons. The van der Waals surface area contributed by atoms with Crippen LogP contribution in [0.5, 0.6) is 0 Å². The summed E-state index contributed by atoms with van der Waals surface area (Å²) in [4.78, 5) is 2.39. The second-order valence-electron chi connectivity index (χ2n) is 5.61. The van der Waals surface area contributed by atoms with Gasteiger partial charge in [0.15, 0.2) is 0 Å². The molecule has 2 fully saturated rings. The summed E-state index contributed by atoms with van der Waals surface area (Å²) < 4.78 is 10.9. The van der Waals surface area contributed by atoms with E-state index in [4.69, 9.17) is 9.47 Å². The van der Waals surface area contributed by atoms with E-state index in [1.165, 1.54) is 12.8 Å². The van der Waals surface area contributed by atoms with Gasteiger partial charge in [0.05, 0.1) is 12.2 Å². The third kappa shape index (κ3) is 2.81. The summed E-state index contributed by atoms with van der Waals surface area (Å²) in [7, 11) is 3.50. The minimum Gasteiger partial charge on any atom is -0.396 e. The van der Waals surface area contributed by atoms with Crippen molar-refractivity contribution in [2.24, 2.45) is 5.41 Å². The maximum absolute atomic E-state index is 9.63. The highest BCUT2D eigenvalue weighted by Gasteiger charge is 2.40. The Balaban J connectivity index is 1.91. The van der Waals surface area contributed by atoms with Crippen LogP contribution in [0.2, 0.25) is 0 Å². The molecule has 1 N–H and O–H groups in total. The van der Waals surface area contributed by atoms with Gasteiger partial charge >= 0.3 is 0 Å². The van der Waals surface area contributed by atoms with Crippen molar-refractivity contribution in [1.29, 1.82) is 0 Å². The topological polar surface area (TPSA) is 41.9 Å². The molecule has 17 heavy (non-hydrogen) atoms. The molecule has 1 aliphatic heterocycles. The van der Waals surface area contributed by atoms with E-state index in [1.54, 1.807) is 14.2 Å². The molecule has 4 nitrogen and oxygen atoms in total. The molecule has 0 spiro atoms. The lowest BCUT2D eigenvalue weighted by atomic mass is 9.87. The first-order valence-corrected chi connectivity index (χ1v) is 6.62. The number of hydrogen-bond donors (Lipinski definition) is 1. The zero-order valence-electron chi connectivity index (χ0n) is 11.0. The lowest BCUT2D eigenvalue weighted by Crippen LogP contribution is -2.38. The fourth-order valence-electron chi connectivity index (χ4n) is 3.37. The van der Waals surface area contributed by atoms with Crippen LogP contribution >= 0.6 is 0 Å². The van der Waals surface area contributed by atoms with Crippen molar-refractivity contribution in [3.8, 4) is 0 Å². The van der Waals surface area contributed by atoms with Crippen molar-refractivity contribution < 1.29 is 14.6 Å². The van der Waals surface area contributed by atoms with Gasteiger partial charge in [-0.25, -0.2) is 0 Å². The Morgan fingerprint density at radius 2 is 1.65 bits per heavy atom. The van der Waals surface area contributed by atoms with Gasteiger partial charge in [-0.3, -0.25) is 4.90 Å². The standard InChI is InChI=1S/C13H25NO3/c1-16-11-7-14(8-12(11)17-2)9-13(10-15)5-3-4-6-13/h11-12,15H,3-10H2,1-2H3. The number of nitrogens with zero attached hydrogens (tertiary/aromatic N) is 1. The molecule has 0 aromatic rings. The number of aliphatic hydroxyl groups excluding tert-OH is 1. The molecule has 1 aliphatic carbocycles. The van der Waals surface area contributed by atoms with Crippen molar-refractivity contribution in [2.45, 2.75) is 37.9 Å². The summed E-state index contributed by atoms with van der Waals surface area (Å²) in [5.74, 6) is 0. The van der Waals surface area contributed by atoms with Crippen LogP contribution in [0.1, 0.15) is 25.7 Å². The highest BCUT2D eigenvalue weighted by Crippen LogP contribution is 2.39. The Kier molecular flexibility index (Phi) is 4.42. The Morgan fingerprint density at radius 1 is 1.12 bits per heavy atom. The van der Waals surface area contributed by atoms with Crippen LogP contribution in [0, 0.1) is 5.41 Å². The third-order valence-electron chi connectivity index (χ3n) is 4.46. The van der Waals surface area contributed by atoms with Crippen molar-refractivity contribution >= 4 is 0 Å². The van der Waals surface area contributed by atoms with Crippen molar-refractivity contribution in [2.75, 3.05) is 40.5 Å². The van der Waals surface area contributed by atoms with Gasteiger partial charge in [-0.15, -0.1) is 0 Å². The molecule has 1 heterocycles. The van der Waals surface area contributed by atoms with Crippen LogP contribution in [0.15, 0.2) is 0 Å². The van der Waals surface area contributed by atoms with E-state index < -0.39 is 0 Å². The van der Waals surface area contributed by atoms with Crippen LogP contribution in [-0.4, -0.2) is 62.7 Å². The number of ether oxygens (including phenoxy) is 2. The van der Waals surface area contributed by atoms with Crippen molar-refractivity contribution in [3.63, 3.8) is 0 Å². The fraction of sp³-hybridized carbons (Fsp3) is 1.00. The van der Waals surface area contributed by atoms with E-state index in [1.807, 2.05) is 0 Å². The summed E-state index contributed by atoms with van der Waals surface area (Å²) in [6.07, 6.45) is 5.20. The summed E-state index contributed by atoms with van der Waals surface area (Å²) in [6.45, 7) is 3.16. The van der Waals surface area contributed by atoms with Gasteiger partial charge in [0.2, 0.25) is 0 Å². The predicted octanol–water partition coefficient (Wildman–Crippen LogP) is 0.885. The van der Waals surface area contributed by atoms with Gasteiger partial charge in [-0.05, 0) is 12.8 Å². The SMILES string of the molecule is COC1CN(CC2(CO)CCCC2)CC1OC. The number of methoxy groups -OCH3 is 2. The van der Waals surface area contributed by atoms with Crippen molar-refractivity contribution in [3.05, 3.63) is 0 Å². The molecule has 0 aromatic heterocycles. The van der Waals surface area contributed by atoms with Gasteiger partial charge in [-0.2, -0.15) is 0 Å². The summed E-state index contributed by atoms with van der Waals surface area (Å²) in [6, 6.07) is 0. The lowest BCUT2D eigenvalue weighted by Gasteiger charge is -2.31. The first-order valence-electron chi connectivity index (χ1n) is 6.62. The summed E-state index contributed by atoms with van der Waals surface area (Å²) in [5, 5.41) is 9.63. The highest BCUT2D eigenvalue weighted by atomic mass is 16.5. The second-order valence-corrected chi connectivity index (χ2v) is 5.61. The molecule has 4 heteroatoms. The Morgan fingerprint density at radius 3 is 2.06 bits per heavy atom. The number of hydrogen-bond acceptors (Lipinski definition) is 4. The molecule has 0 aromatic carbocycles. The Labute approximate surface area is 104 Å². The molecule has 2 aliphatic rings. The van der Waals surface area contributed by atoms with Gasteiger partial charge in [0.25, 0.3) is 0 Å². The first kappa shape index (κ1) is 13.3. The van der Waals surface area contributed by atoms with E-state index in [2.05, 4.69) is 4.90 Å². The largest absolute Gasteiger partial charge is 0.396 e. The fourth-order valence-corrected chi connectivity index (χ4v) is 3.37. The Bertz CT molecular complexity index is 229. The molecule has 2 rings (SSSR count). The first-order chi connectivity index (χ1) is 8.23. The molecule has 1 saturated carbocycles. The average molecular weight is 243 g/mol. The summed E-state index contributed by atoms with van der Waals surface area (Å²) >= 11 is 0. The van der Waals surface area contributed by atoms with E-state index >= 15 is 0 Å². The zero-order valence-corrected chi connectivity index (χ0v) is 11.0. The molecule has 0 amide bonds. The molecule has 0 radical (unpaired) electrons. The quantitative estimate of drug-likeness (QED) is 0.778. The average Bonchev–Trinajstić information content (AvgIpc) is 2.96. The van der Waals surface area contributed by atoms with E-state index in [0.29, 0.717) is 6.61 Å². The van der Waals surface area contributed by atoms with Gasteiger partial charge < -0.3 is 14.6 Å². The van der Waals surface area contributed by atoms with Crippen LogP contribution in [-0.2, 0) is 9.47 Å². The molecule has 2 unspecified atom stereocenters. The number of rotatable bonds is 5. The molecule has 1 saturated heterocycles. The van der Waals surface area contributed by atoms with Crippen molar-refractivity contribution in [1.82, 2.24) is 4.90 Å². The molecule has 0 bridgehead atoms. The maximum atomic E-state index is 9.63. The molecule has 2 atom stereocenters. The van der Waals surface area contributed by atoms with Crippen LogP contribution in [0.25, 0.3) is 0 Å². The van der Waals surface area contributed by atoms with Gasteiger partial charge in [0.1, 0.15) is 0 Å². The second kappa shape index (κ2) is 5.65. The lowest BCUT2D eigenvalue weighted by molar-refractivity contribution is -0.00461. The van der Waals surface area contributed by atoms with Crippen LogP contribution in [0.4, 0.5) is 0 Å². The van der Waals surface area contributed by atoms with Gasteiger partial charge in [-0.1, -0.05) is 12.8 Å². The molecular formula is C13H25NO3. The zero-order chi connectivity index (χ0) is 12.3. The maximum Gasteiger partial charge on any atom is 0.0971 e. The van der Waals surface area contributed by atoms with Crippen LogP contribution < -0.4 is 0 Å². The molecular weight excluding hydrogens is 218 g/mol. The normalized spacial score (nSPS) is 33.4. The number of likely N-dealkylation sites (tertiary alicyclic amines) is 1. The minimum absolute atomic E-state index is 0.140. The smallest absolute Gasteiger partial charge is 0.0971 e. The minimum atomic E-state index is 0.140. The monoisotopic (exact) mass is 243 g/mol. The van der Waals surface area contributed by atoms with Crippen LogP contribution in [0.3, 0.4) is 0 Å². The predicted molar refractivity (Wildman–Crippen MR) is 66.0 cm³/mol. The third-order valence-corrected chi connectivity index (χ3v) is 4.46. The van der Waals surface area contributed by atoms with Gasteiger partial charge in [0, 0.05) is 45.9 Å². The van der Waals surface area contributed by atoms with E-state index in [9.17, 15) is 5.11 Å². The number of aliphatic hydroxyl groups is 1. The van der Waals surface area contributed by atoms with E-state index in [0.717, 1.165) is 32.5 Å². The highest BCUT2D eigenvalue weighted by molar-refractivity contribution is 4.92. The Hall–Kier alpha value is -0.160.